The Bertz CT molecular complexity index is 1100. The van der Waals surface area contributed by atoms with Crippen molar-refractivity contribution in [1.29, 1.82) is 0 Å². The molecule has 0 radical (unpaired) electrons. The lowest BCUT2D eigenvalue weighted by atomic mass is 10.1. The SMILES string of the molecule is COc1ccc(CN2CCN(c3ccc(NSc4ccc(C(=O)O)cc4)cc3)CC2)cc1OC. The van der Waals surface area contributed by atoms with Gasteiger partial charge in [0.2, 0.25) is 0 Å². The highest BCUT2D eigenvalue weighted by molar-refractivity contribution is 8.00. The van der Waals surface area contributed by atoms with Crippen LogP contribution in [0.3, 0.4) is 0 Å². The van der Waals surface area contributed by atoms with Gasteiger partial charge in [-0.1, -0.05) is 6.07 Å². The van der Waals surface area contributed by atoms with E-state index in [0.29, 0.717) is 0 Å². The summed E-state index contributed by atoms with van der Waals surface area (Å²) < 4.78 is 14.1. The van der Waals surface area contributed by atoms with Crippen molar-refractivity contribution in [3.63, 3.8) is 0 Å². The molecule has 8 heteroatoms. The van der Waals surface area contributed by atoms with Gasteiger partial charge in [0.25, 0.3) is 0 Å². The molecular weight excluding hydrogens is 450 g/mol. The Hall–Kier alpha value is -3.36. The second-order valence-electron chi connectivity index (χ2n) is 8.03. The van der Waals surface area contributed by atoms with E-state index in [-0.39, 0.29) is 5.56 Å². The summed E-state index contributed by atoms with van der Waals surface area (Å²) in [5.74, 6) is 0.605. The molecule has 0 unspecified atom stereocenters. The summed E-state index contributed by atoms with van der Waals surface area (Å²) in [5, 5.41) is 9.00. The van der Waals surface area contributed by atoms with Crippen LogP contribution in [-0.4, -0.2) is 56.4 Å². The van der Waals surface area contributed by atoms with E-state index in [0.717, 1.165) is 54.8 Å². The zero-order chi connectivity index (χ0) is 23.9. The Kier molecular flexibility index (Phi) is 7.82. The molecule has 0 aliphatic carbocycles. The number of carboxylic acids is 1. The van der Waals surface area contributed by atoms with Crippen molar-refractivity contribution in [2.75, 3.05) is 50.0 Å². The van der Waals surface area contributed by atoms with E-state index < -0.39 is 5.97 Å². The zero-order valence-electron chi connectivity index (χ0n) is 19.4. The van der Waals surface area contributed by atoms with E-state index in [1.54, 1.807) is 38.5 Å². The Labute approximate surface area is 204 Å². The highest BCUT2D eigenvalue weighted by Crippen LogP contribution is 2.29. The van der Waals surface area contributed by atoms with Crippen molar-refractivity contribution in [2.45, 2.75) is 11.4 Å². The number of carbonyl (C=O) groups is 1. The number of piperazine rings is 1. The van der Waals surface area contributed by atoms with Crippen molar-refractivity contribution in [3.8, 4) is 11.5 Å². The van der Waals surface area contributed by atoms with Crippen molar-refractivity contribution in [3.05, 3.63) is 77.9 Å². The summed E-state index contributed by atoms with van der Waals surface area (Å²) in [7, 11) is 3.32. The van der Waals surface area contributed by atoms with Crippen LogP contribution in [-0.2, 0) is 6.54 Å². The van der Waals surface area contributed by atoms with E-state index >= 15 is 0 Å². The van der Waals surface area contributed by atoms with Gasteiger partial charge in [0.05, 0.1) is 19.8 Å². The van der Waals surface area contributed by atoms with Crippen LogP contribution in [0.1, 0.15) is 15.9 Å². The lowest BCUT2D eigenvalue weighted by molar-refractivity contribution is 0.0697. The maximum Gasteiger partial charge on any atom is 0.335 e. The molecule has 0 aromatic heterocycles. The number of methoxy groups -OCH3 is 2. The molecule has 1 saturated heterocycles. The van der Waals surface area contributed by atoms with Gasteiger partial charge in [0.15, 0.2) is 11.5 Å². The van der Waals surface area contributed by atoms with Gasteiger partial charge in [0, 0.05) is 49.0 Å². The number of ether oxygens (including phenoxy) is 2. The molecule has 3 aromatic rings. The van der Waals surface area contributed by atoms with E-state index in [2.05, 4.69) is 50.9 Å². The van der Waals surface area contributed by atoms with Gasteiger partial charge >= 0.3 is 5.97 Å². The molecule has 4 rings (SSSR count). The molecule has 0 saturated carbocycles. The normalized spacial score (nSPS) is 14.0. The van der Waals surface area contributed by atoms with Gasteiger partial charge in [-0.15, -0.1) is 0 Å². The number of nitrogens with zero attached hydrogens (tertiary/aromatic N) is 2. The predicted octanol–water partition coefficient (Wildman–Crippen LogP) is 4.84. The van der Waals surface area contributed by atoms with Gasteiger partial charge in [-0.2, -0.15) is 0 Å². The van der Waals surface area contributed by atoms with Gasteiger partial charge in [-0.25, -0.2) is 4.79 Å². The number of rotatable bonds is 9. The van der Waals surface area contributed by atoms with Gasteiger partial charge in [-0.3, -0.25) is 4.90 Å². The molecule has 0 atom stereocenters. The smallest absolute Gasteiger partial charge is 0.335 e. The summed E-state index contributed by atoms with van der Waals surface area (Å²) >= 11 is 1.46. The minimum absolute atomic E-state index is 0.289. The summed E-state index contributed by atoms with van der Waals surface area (Å²) in [6, 6.07) is 21.4. The number of nitrogens with one attached hydrogen (secondary N) is 1. The van der Waals surface area contributed by atoms with Gasteiger partial charge in [-0.05, 0) is 78.2 Å². The number of carboxylic acid groups (broad SMARTS) is 1. The molecule has 3 aromatic carbocycles. The quantitative estimate of drug-likeness (QED) is 0.422. The molecule has 1 fully saturated rings. The van der Waals surface area contributed by atoms with Crippen LogP contribution in [0.2, 0.25) is 0 Å². The van der Waals surface area contributed by atoms with Crippen molar-refractivity contribution in [2.24, 2.45) is 0 Å². The van der Waals surface area contributed by atoms with Crippen LogP contribution in [0.25, 0.3) is 0 Å². The highest BCUT2D eigenvalue weighted by atomic mass is 32.2. The maximum absolute atomic E-state index is 11.0. The second-order valence-corrected chi connectivity index (χ2v) is 8.91. The first kappa shape index (κ1) is 23.8. The average molecular weight is 480 g/mol. The number of aromatic carboxylic acids is 1. The summed E-state index contributed by atoms with van der Waals surface area (Å²) in [5.41, 5.74) is 3.73. The number of hydrogen-bond acceptors (Lipinski definition) is 7. The Balaban J connectivity index is 1.26. The molecule has 34 heavy (non-hydrogen) atoms. The Morgan fingerprint density at radius 1 is 0.912 bits per heavy atom. The zero-order valence-corrected chi connectivity index (χ0v) is 20.2. The minimum Gasteiger partial charge on any atom is -0.493 e. The van der Waals surface area contributed by atoms with Gasteiger partial charge < -0.3 is 24.2 Å². The minimum atomic E-state index is -0.915. The first-order valence-electron chi connectivity index (χ1n) is 11.1. The molecule has 0 amide bonds. The molecule has 1 aliphatic rings. The lowest BCUT2D eigenvalue weighted by Crippen LogP contribution is -2.45. The third kappa shape index (κ3) is 5.95. The fraction of sp³-hybridized carbons (Fsp3) is 0.269. The average Bonchev–Trinajstić information content (AvgIpc) is 2.88. The molecule has 2 N–H and O–H groups in total. The Morgan fingerprint density at radius 2 is 1.59 bits per heavy atom. The third-order valence-corrected chi connectivity index (χ3v) is 6.69. The molecule has 178 valence electrons. The van der Waals surface area contributed by atoms with Crippen molar-refractivity contribution < 1.29 is 19.4 Å². The van der Waals surface area contributed by atoms with Crippen LogP contribution >= 0.6 is 11.9 Å². The standard InChI is InChI=1S/C26H29N3O4S/c1-32-24-12-3-19(17-25(24)33-2)18-28-13-15-29(16-14-28)22-8-6-21(7-9-22)27-34-23-10-4-20(5-11-23)26(30)31/h3-12,17,27H,13-16,18H2,1-2H3,(H,30,31). The fourth-order valence-electron chi connectivity index (χ4n) is 3.93. The number of hydrogen-bond donors (Lipinski definition) is 2. The van der Waals surface area contributed by atoms with Crippen LogP contribution in [0.4, 0.5) is 11.4 Å². The van der Waals surface area contributed by atoms with E-state index in [9.17, 15) is 4.79 Å². The predicted molar refractivity (Wildman–Crippen MR) is 136 cm³/mol. The lowest BCUT2D eigenvalue weighted by Gasteiger charge is -2.36. The van der Waals surface area contributed by atoms with E-state index in [4.69, 9.17) is 14.6 Å². The third-order valence-electron chi connectivity index (χ3n) is 5.85. The topological polar surface area (TPSA) is 74.3 Å². The summed E-state index contributed by atoms with van der Waals surface area (Å²) in [4.78, 5) is 16.8. The van der Waals surface area contributed by atoms with Crippen LogP contribution < -0.4 is 19.1 Å². The Morgan fingerprint density at radius 3 is 2.21 bits per heavy atom. The molecular formula is C26H29N3O4S. The summed E-state index contributed by atoms with van der Waals surface area (Å²) in [6.07, 6.45) is 0. The first-order valence-corrected chi connectivity index (χ1v) is 11.9. The maximum atomic E-state index is 11.0. The summed E-state index contributed by atoms with van der Waals surface area (Å²) in [6.45, 7) is 4.84. The van der Waals surface area contributed by atoms with Gasteiger partial charge in [0.1, 0.15) is 0 Å². The second kappa shape index (κ2) is 11.2. The number of benzene rings is 3. The van der Waals surface area contributed by atoms with Crippen molar-refractivity contribution in [1.82, 2.24) is 4.90 Å². The van der Waals surface area contributed by atoms with Crippen molar-refractivity contribution >= 4 is 29.3 Å². The van der Waals surface area contributed by atoms with E-state index in [1.165, 1.54) is 23.2 Å². The molecule has 1 heterocycles. The molecule has 7 nitrogen and oxygen atoms in total. The highest BCUT2D eigenvalue weighted by Gasteiger charge is 2.18. The van der Waals surface area contributed by atoms with Crippen LogP contribution in [0, 0.1) is 0 Å². The van der Waals surface area contributed by atoms with Crippen LogP contribution in [0.5, 0.6) is 11.5 Å². The number of anilines is 2. The monoisotopic (exact) mass is 479 g/mol. The molecule has 0 bridgehead atoms. The largest absolute Gasteiger partial charge is 0.493 e. The first-order chi connectivity index (χ1) is 16.6. The van der Waals surface area contributed by atoms with Crippen LogP contribution in [0.15, 0.2) is 71.6 Å². The molecule has 1 aliphatic heterocycles. The molecule has 0 spiro atoms. The fourth-order valence-corrected chi connectivity index (χ4v) is 4.57. The van der Waals surface area contributed by atoms with E-state index in [1.807, 2.05) is 6.07 Å².